The lowest BCUT2D eigenvalue weighted by Gasteiger charge is -2.62. The molecule has 32 heavy (non-hydrogen) atoms. The molecule has 3 saturated carbocycles. The van der Waals surface area contributed by atoms with Gasteiger partial charge in [0.05, 0.1) is 0 Å². The summed E-state index contributed by atoms with van der Waals surface area (Å²) in [5.41, 5.74) is 1.44. The minimum absolute atomic E-state index is 0.146. The van der Waals surface area contributed by atoms with Crippen LogP contribution in [0.25, 0.3) is 0 Å². The summed E-state index contributed by atoms with van der Waals surface area (Å²) in [6, 6.07) is 10.4. The molecule has 3 aliphatic carbocycles. The number of likely N-dealkylation sites (tertiary alicyclic amines) is 1. The van der Waals surface area contributed by atoms with Crippen molar-refractivity contribution in [3.63, 3.8) is 0 Å². The molecule has 6 heteroatoms. The van der Waals surface area contributed by atoms with Crippen molar-refractivity contribution >= 4 is 17.2 Å². The van der Waals surface area contributed by atoms with Crippen molar-refractivity contribution in [2.45, 2.75) is 77.3 Å². The van der Waals surface area contributed by atoms with Gasteiger partial charge in [-0.25, -0.2) is 4.72 Å². The molecule has 176 valence electrons. The molecule has 4 fully saturated rings. The van der Waals surface area contributed by atoms with Crippen LogP contribution >= 0.6 is 0 Å². The van der Waals surface area contributed by atoms with Gasteiger partial charge in [0.25, 0.3) is 0 Å². The molecular weight excluding hydrogens is 420 g/mol. The lowest BCUT2D eigenvalue weighted by molar-refractivity contribution is -0.158. The molecular formula is C26H37N2O3S-. The van der Waals surface area contributed by atoms with Crippen molar-refractivity contribution in [2.75, 3.05) is 7.05 Å². The second-order valence-electron chi connectivity index (χ2n) is 11.4. The molecule has 1 N–H and O–H groups in total. The zero-order chi connectivity index (χ0) is 22.7. The first kappa shape index (κ1) is 22.5. The van der Waals surface area contributed by atoms with Crippen LogP contribution in [0.4, 0.5) is 0 Å². The first-order chi connectivity index (χ1) is 15.3. The standard InChI is InChI=1S/C26H38N2O3S/c1-25-15-13-20-18(9-12-22-26(20,2)16-14-23(29)28(22)3)19(25)10-11-21(25)24(27-32(30)31)17-7-5-4-6-8-17/h4-8,18-22,24,27H,9-16H2,1-3H3,(H,30,31)/p-1/t18-,19-,20+,21?,22?,24?,25-,26+/m0/s1. The van der Waals surface area contributed by atoms with E-state index in [1.54, 1.807) is 0 Å². The summed E-state index contributed by atoms with van der Waals surface area (Å²) in [5, 5.41) is 0. The summed E-state index contributed by atoms with van der Waals surface area (Å²) in [7, 11) is 2.02. The Morgan fingerprint density at radius 2 is 1.75 bits per heavy atom. The summed E-state index contributed by atoms with van der Waals surface area (Å²) in [6.07, 6.45) is 8.64. The number of piperidine rings is 1. The van der Waals surface area contributed by atoms with E-state index in [0.717, 1.165) is 31.2 Å². The zero-order valence-corrected chi connectivity index (χ0v) is 20.4. The molecule has 5 rings (SSSR count). The maximum atomic E-state index is 12.4. The van der Waals surface area contributed by atoms with Crippen molar-refractivity contribution in [3.8, 4) is 0 Å². The number of carbonyl (C=O) groups is 1. The third-order valence-corrected chi connectivity index (χ3v) is 10.9. The molecule has 1 aromatic rings. The van der Waals surface area contributed by atoms with Gasteiger partial charge in [0.15, 0.2) is 0 Å². The van der Waals surface area contributed by atoms with Crippen molar-refractivity contribution in [2.24, 2.45) is 34.5 Å². The third-order valence-electron chi connectivity index (χ3n) is 10.4. The highest BCUT2D eigenvalue weighted by molar-refractivity contribution is 7.77. The van der Waals surface area contributed by atoms with Gasteiger partial charge in [0, 0.05) is 36.8 Å². The lowest BCUT2D eigenvalue weighted by Crippen LogP contribution is -2.61. The van der Waals surface area contributed by atoms with E-state index in [9.17, 15) is 13.6 Å². The van der Waals surface area contributed by atoms with Gasteiger partial charge < -0.3 is 9.45 Å². The molecule has 0 aromatic heterocycles. The Morgan fingerprint density at radius 1 is 1.03 bits per heavy atom. The fourth-order valence-electron chi connectivity index (χ4n) is 8.89. The second-order valence-corrected chi connectivity index (χ2v) is 12.2. The second kappa shape index (κ2) is 8.21. The lowest BCUT2D eigenvalue weighted by atomic mass is 9.46. The fourth-order valence-corrected chi connectivity index (χ4v) is 9.39. The monoisotopic (exact) mass is 457 g/mol. The number of fused-ring (bicyclic) bond motifs is 5. The van der Waals surface area contributed by atoms with Gasteiger partial charge in [-0.2, -0.15) is 0 Å². The first-order valence-corrected chi connectivity index (χ1v) is 13.5. The van der Waals surface area contributed by atoms with E-state index in [1.165, 1.54) is 19.3 Å². The number of rotatable bonds is 4. The minimum atomic E-state index is -2.29. The third kappa shape index (κ3) is 3.40. The maximum Gasteiger partial charge on any atom is 0.222 e. The highest BCUT2D eigenvalue weighted by Gasteiger charge is 2.61. The van der Waals surface area contributed by atoms with Crippen LogP contribution in [0.3, 0.4) is 0 Å². The highest BCUT2D eigenvalue weighted by Crippen LogP contribution is 2.67. The van der Waals surface area contributed by atoms with Gasteiger partial charge in [-0.1, -0.05) is 44.2 Å². The van der Waals surface area contributed by atoms with Crippen molar-refractivity contribution < 1.29 is 13.6 Å². The van der Waals surface area contributed by atoms with Crippen LogP contribution in [0.5, 0.6) is 0 Å². The van der Waals surface area contributed by atoms with Gasteiger partial charge in [-0.05, 0) is 85.0 Å². The summed E-state index contributed by atoms with van der Waals surface area (Å²) in [6.45, 7) is 4.91. The summed E-state index contributed by atoms with van der Waals surface area (Å²) >= 11 is -2.29. The van der Waals surface area contributed by atoms with Gasteiger partial charge in [0.2, 0.25) is 5.91 Å². The van der Waals surface area contributed by atoms with E-state index < -0.39 is 11.3 Å². The molecule has 0 bridgehead atoms. The predicted molar refractivity (Wildman–Crippen MR) is 125 cm³/mol. The maximum absolute atomic E-state index is 12.4. The number of nitrogens with one attached hydrogen (secondary N) is 1. The Morgan fingerprint density at radius 3 is 2.47 bits per heavy atom. The number of hydrogen-bond donors (Lipinski definition) is 1. The number of nitrogens with zero attached hydrogens (tertiary/aromatic N) is 1. The van der Waals surface area contributed by atoms with E-state index in [0.29, 0.717) is 42.0 Å². The Labute approximate surface area is 195 Å². The van der Waals surface area contributed by atoms with Gasteiger partial charge >= 0.3 is 0 Å². The minimum Gasteiger partial charge on any atom is -0.760 e. The normalized spacial score (nSPS) is 43.2. The van der Waals surface area contributed by atoms with Crippen molar-refractivity contribution in [1.29, 1.82) is 0 Å². The van der Waals surface area contributed by atoms with E-state index in [4.69, 9.17) is 0 Å². The number of benzene rings is 1. The van der Waals surface area contributed by atoms with E-state index >= 15 is 0 Å². The Kier molecular flexibility index (Phi) is 5.78. The van der Waals surface area contributed by atoms with Crippen LogP contribution in [0, 0.1) is 34.5 Å². The zero-order valence-electron chi connectivity index (χ0n) is 19.6. The molecule has 1 heterocycles. The average molecular weight is 458 g/mol. The molecule has 1 amide bonds. The van der Waals surface area contributed by atoms with Crippen LogP contribution in [-0.4, -0.2) is 32.7 Å². The van der Waals surface area contributed by atoms with Crippen LogP contribution in [0.2, 0.25) is 0 Å². The molecule has 9 atom stereocenters. The topological polar surface area (TPSA) is 72.5 Å². The Balaban J connectivity index is 1.44. The first-order valence-electron chi connectivity index (χ1n) is 12.4. The van der Waals surface area contributed by atoms with E-state index in [-0.39, 0.29) is 16.9 Å². The molecule has 1 aromatic carbocycles. The van der Waals surface area contributed by atoms with Crippen molar-refractivity contribution in [1.82, 2.24) is 9.62 Å². The van der Waals surface area contributed by atoms with E-state index in [2.05, 4.69) is 35.6 Å². The molecule has 1 saturated heterocycles. The summed E-state index contributed by atoms with van der Waals surface area (Å²) in [4.78, 5) is 14.5. The van der Waals surface area contributed by atoms with Crippen LogP contribution < -0.4 is 4.72 Å². The average Bonchev–Trinajstić information content (AvgIpc) is 3.12. The van der Waals surface area contributed by atoms with E-state index in [1.807, 2.05) is 25.2 Å². The summed E-state index contributed by atoms with van der Waals surface area (Å²) < 4.78 is 26.4. The Bertz CT molecular complexity index is 894. The molecule has 0 spiro atoms. The number of hydrogen-bond acceptors (Lipinski definition) is 3. The quantitative estimate of drug-likeness (QED) is 0.672. The predicted octanol–water partition coefficient (Wildman–Crippen LogP) is 4.59. The smallest absolute Gasteiger partial charge is 0.222 e. The molecule has 1 aliphatic heterocycles. The molecule has 4 aliphatic rings. The highest BCUT2D eigenvalue weighted by atomic mass is 32.2. The van der Waals surface area contributed by atoms with Gasteiger partial charge in [0.1, 0.15) is 0 Å². The molecule has 0 radical (unpaired) electrons. The van der Waals surface area contributed by atoms with Crippen LogP contribution in [0.1, 0.15) is 76.8 Å². The molecule has 5 nitrogen and oxygen atoms in total. The van der Waals surface area contributed by atoms with Crippen molar-refractivity contribution in [3.05, 3.63) is 35.9 Å². The Hall–Kier alpha value is -1.24. The summed E-state index contributed by atoms with van der Waals surface area (Å²) in [5.74, 6) is 2.63. The van der Waals surface area contributed by atoms with Crippen LogP contribution in [-0.2, 0) is 16.1 Å². The molecule has 4 unspecified atom stereocenters. The van der Waals surface area contributed by atoms with Gasteiger partial charge in [-0.3, -0.25) is 9.00 Å². The largest absolute Gasteiger partial charge is 0.760 e. The number of carbonyl (C=O) groups excluding carboxylic acids is 1. The fraction of sp³-hybridized carbons (Fsp3) is 0.731. The SMILES string of the molecule is CN1C(=O)CC[C@@]2(C)C1CC[C@@H]1[C@H]2CC[C@]2(C)C(C(NS(=O)[O-])c3ccccc3)CC[C@@H]12. The van der Waals surface area contributed by atoms with Gasteiger partial charge in [-0.15, -0.1) is 0 Å². The number of amides is 1. The van der Waals surface area contributed by atoms with Crippen LogP contribution in [0.15, 0.2) is 30.3 Å².